The Balaban J connectivity index is 0. The van der Waals surface area contributed by atoms with E-state index in [-0.39, 0.29) is 26.0 Å². The van der Waals surface area contributed by atoms with Crippen LogP contribution >= 0.6 is 0 Å². The summed E-state index contributed by atoms with van der Waals surface area (Å²) in [6.07, 6.45) is 3.54. The van der Waals surface area contributed by atoms with Crippen molar-refractivity contribution in [2.75, 3.05) is 0 Å². The zero-order chi connectivity index (χ0) is 5.28. The fourth-order valence-electron chi connectivity index (χ4n) is 0.404. The Morgan fingerprint density at radius 2 is 2.22 bits per heavy atom. The van der Waals surface area contributed by atoms with E-state index in [1.165, 1.54) is 0 Å². The van der Waals surface area contributed by atoms with Crippen LogP contribution in [0.4, 0.5) is 0 Å². The van der Waals surface area contributed by atoms with Gasteiger partial charge in [-0.15, -0.1) is 7.05 Å². The molecule has 0 saturated heterocycles. The van der Waals surface area contributed by atoms with Gasteiger partial charge in [0.15, 0.2) is 0 Å². The maximum absolute atomic E-state index is 3.92. The minimum absolute atomic E-state index is 0. The molecular weight excluding hydrogens is 151 g/mol. The Morgan fingerprint density at radius 1 is 1.67 bits per heavy atom. The predicted molar refractivity (Wildman–Crippen MR) is 34.1 cm³/mol. The van der Waals surface area contributed by atoms with Gasteiger partial charge in [-0.05, 0) is 12.0 Å². The van der Waals surface area contributed by atoms with E-state index in [1.807, 2.05) is 13.1 Å². The molecule has 0 bridgehead atoms. The topological polar surface area (TPSA) is 17.8 Å². The van der Waals surface area contributed by atoms with Gasteiger partial charge in [-0.1, -0.05) is 13.1 Å². The SMILES string of the molecule is [CH2-]n1ccnc1C.[CH3-].[V+2]. The zero-order valence-corrected chi connectivity index (χ0v) is 7.10. The van der Waals surface area contributed by atoms with Crippen molar-refractivity contribution in [3.8, 4) is 0 Å². The molecule has 0 atom stereocenters. The molecule has 0 spiro atoms. The fourth-order valence-corrected chi connectivity index (χ4v) is 0.404. The summed E-state index contributed by atoms with van der Waals surface area (Å²) < 4.78 is 1.72. The number of hydrogen-bond acceptors (Lipinski definition) is 1. The van der Waals surface area contributed by atoms with E-state index in [0.29, 0.717) is 0 Å². The molecular formula is C6H10N2V. The van der Waals surface area contributed by atoms with Gasteiger partial charge in [0.05, 0.1) is 0 Å². The summed E-state index contributed by atoms with van der Waals surface area (Å²) in [6, 6.07) is 0. The molecule has 1 heterocycles. The van der Waals surface area contributed by atoms with E-state index < -0.39 is 0 Å². The monoisotopic (exact) mass is 161 g/mol. The average Bonchev–Trinajstić information content (AvgIpc) is 1.91. The maximum atomic E-state index is 3.92. The molecule has 49 valence electrons. The second-order valence-electron chi connectivity index (χ2n) is 1.44. The third-order valence-electron chi connectivity index (χ3n) is 0.924. The third-order valence-corrected chi connectivity index (χ3v) is 0.924. The van der Waals surface area contributed by atoms with Crippen molar-refractivity contribution in [2.45, 2.75) is 6.92 Å². The first-order valence-electron chi connectivity index (χ1n) is 2.11. The van der Waals surface area contributed by atoms with Crippen molar-refractivity contribution < 1.29 is 18.6 Å². The van der Waals surface area contributed by atoms with Gasteiger partial charge in [0, 0.05) is 0 Å². The Morgan fingerprint density at radius 3 is 2.33 bits per heavy atom. The predicted octanol–water partition coefficient (Wildman–Crippen LogP) is 1.28. The number of nitrogens with zero attached hydrogens (tertiary/aromatic N) is 2. The smallest absolute Gasteiger partial charge is 0.475 e. The first-order chi connectivity index (χ1) is 3.30. The van der Waals surface area contributed by atoms with Gasteiger partial charge in [0.2, 0.25) is 0 Å². The van der Waals surface area contributed by atoms with Crippen molar-refractivity contribution in [1.29, 1.82) is 0 Å². The third kappa shape index (κ3) is 2.63. The van der Waals surface area contributed by atoms with E-state index in [9.17, 15) is 0 Å². The van der Waals surface area contributed by atoms with Crippen molar-refractivity contribution in [3.63, 3.8) is 0 Å². The molecule has 1 aromatic rings. The van der Waals surface area contributed by atoms with E-state index >= 15 is 0 Å². The van der Waals surface area contributed by atoms with Crippen LogP contribution in [0.1, 0.15) is 5.82 Å². The summed E-state index contributed by atoms with van der Waals surface area (Å²) in [7, 11) is 3.63. The molecule has 0 N–H and O–H groups in total. The Bertz CT molecular complexity index is 143. The normalized spacial score (nSPS) is 7.22. The molecule has 0 fully saturated rings. The molecule has 0 aliphatic carbocycles. The van der Waals surface area contributed by atoms with E-state index in [1.54, 1.807) is 10.8 Å². The number of imidazole rings is 1. The summed E-state index contributed by atoms with van der Waals surface area (Å²) in [5.74, 6) is 0.944. The number of aryl methyl sites for hydroxylation is 1. The van der Waals surface area contributed by atoms with Crippen LogP contribution in [0.3, 0.4) is 0 Å². The van der Waals surface area contributed by atoms with Gasteiger partial charge in [-0.25, -0.2) is 0 Å². The Kier molecular flexibility index (Phi) is 5.77. The molecule has 2 nitrogen and oxygen atoms in total. The second kappa shape index (κ2) is 4.53. The van der Waals surface area contributed by atoms with Gasteiger partial charge < -0.3 is 17.0 Å². The molecule has 1 aromatic heterocycles. The van der Waals surface area contributed by atoms with Gasteiger partial charge in [0.1, 0.15) is 0 Å². The number of rotatable bonds is 0. The van der Waals surface area contributed by atoms with Crippen LogP contribution in [0, 0.1) is 21.4 Å². The van der Waals surface area contributed by atoms with Crippen LogP contribution in [-0.2, 0) is 18.6 Å². The van der Waals surface area contributed by atoms with E-state index in [0.717, 1.165) is 5.82 Å². The van der Waals surface area contributed by atoms with Crippen molar-refractivity contribution >= 4 is 0 Å². The molecule has 0 amide bonds. The molecule has 0 aliphatic heterocycles. The van der Waals surface area contributed by atoms with Crippen LogP contribution < -0.4 is 0 Å². The average molecular weight is 161 g/mol. The molecule has 0 aliphatic rings. The van der Waals surface area contributed by atoms with Crippen LogP contribution in [0.2, 0.25) is 0 Å². The largest absolute Gasteiger partial charge is 2.00 e. The second-order valence-corrected chi connectivity index (χ2v) is 1.44. The summed E-state index contributed by atoms with van der Waals surface area (Å²) in [5, 5.41) is 0. The van der Waals surface area contributed by atoms with Crippen LogP contribution in [0.5, 0.6) is 0 Å². The minimum atomic E-state index is 0. The van der Waals surface area contributed by atoms with Gasteiger partial charge in [0.25, 0.3) is 0 Å². The molecule has 0 saturated carbocycles. The molecule has 1 rings (SSSR count). The van der Waals surface area contributed by atoms with Crippen molar-refractivity contribution in [3.05, 3.63) is 32.7 Å². The molecule has 1 radical (unpaired) electrons. The molecule has 9 heavy (non-hydrogen) atoms. The fraction of sp³-hybridized carbons (Fsp3) is 0.167. The minimum Gasteiger partial charge on any atom is -0.475 e. The van der Waals surface area contributed by atoms with Gasteiger partial charge >= 0.3 is 18.6 Å². The number of aromatic nitrogens is 2. The summed E-state index contributed by atoms with van der Waals surface area (Å²) in [6.45, 7) is 1.91. The maximum Gasteiger partial charge on any atom is 2.00 e. The molecule has 0 aromatic carbocycles. The standard InChI is InChI=1S/C5H7N2.CH3.V/c1-5-6-3-4-7(5)2;;/h3-4H,2H2,1H3;1H3;/q2*-1;+2. The van der Waals surface area contributed by atoms with Gasteiger partial charge in [-0.2, -0.15) is 0 Å². The Hall–Kier alpha value is -0.336. The van der Waals surface area contributed by atoms with Crippen LogP contribution in [-0.4, -0.2) is 9.55 Å². The van der Waals surface area contributed by atoms with E-state index in [2.05, 4.69) is 12.0 Å². The van der Waals surface area contributed by atoms with E-state index in [4.69, 9.17) is 0 Å². The summed E-state index contributed by atoms with van der Waals surface area (Å²) in [5.41, 5.74) is 0. The van der Waals surface area contributed by atoms with Crippen LogP contribution in [0.25, 0.3) is 0 Å². The van der Waals surface area contributed by atoms with Crippen LogP contribution in [0.15, 0.2) is 12.4 Å². The zero-order valence-electron chi connectivity index (χ0n) is 5.70. The van der Waals surface area contributed by atoms with Crippen molar-refractivity contribution in [1.82, 2.24) is 9.55 Å². The first kappa shape index (κ1) is 11.5. The summed E-state index contributed by atoms with van der Waals surface area (Å²) >= 11 is 0. The quantitative estimate of drug-likeness (QED) is 0.524. The number of hydrogen-bond donors (Lipinski definition) is 0. The summed E-state index contributed by atoms with van der Waals surface area (Å²) in [4.78, 5) is 3.92. The molecule has 3 heteroatoms. The first-order valence-corrected chi connectivity index (χ1v) is 2.11. The van der Waals surface area contributed by atoms with Crippen molar-refractivity contribution in [2.24, 2.45) is 0 Å². The Labute approximate surface area is 68.2 Å². The molecule has 0 unspecified atom stereocenters. The van der Waals surface area contributed by atoms with Gasteiger partial charge in [-0.3, -0.25) is 0 Å².